The molecular formula is H3AlLaO3. The van der Waals surface area contributed by atoms with E-state index in [9.17, 15) is 0 Å². The van der Waals surface area contributed by atoms with Crippen molar-refractivity contribution >= 4 is 17.4 Å². The average Bonchev–Trinajstić information content (AvgIpc) is 0. The van der Waals surface area contributed by atoms with Crippen molar-refractivity contribution in [3.63, 3.8) is 0 Å². The van der Waals surface area contributed by atoms with Gasteiger partial charge in [0.1, 0.15) is 0 Å². The van der Waals surface area contributed by atoms with Gasteiger partial charge in [-0.2, -0.15) is 0 Å². The maximum atomic E-state index is 0. The zero-order chi connectivity index (χ0) is 0. The second kappa shape index (κ2) is 46.1. The zero-order valence-electron chi connectivity index (χ0n) is 2.50. The van der Waals surface area contributed by atoms with Crippen LogP contribution >= 0.6 is 0 Å². The molecule has 0 aromatic heterocycles. The second-order valence-corrected chi connectivity index (χ2v) is 0. The van der Waals surface area contributed by atoms with Crippen LogP contribution in [0.1, 0.15) is 0 Å². The first-order valence-electron chi connectivity index (χ1n) is 0. The van der Waals surface area contributed by atoms with Crippen molar-refractivity contribution in [2.75, 3.05) is 0 Å². The Balaban J connectivity index is 0. The van der Waals surface area contributed by atoms with Crippen molar-refractivity contribution in [1.82, 2.24) is 0 Å². The normalized spacial score (nSPS) is 0. The molecule has 0 aromatic rings. The average molecular weight is 217 g/mol. The van der Waals surface area contributed by atoms with Gasteiger partial charge in [-0.05, 0) is 0 Å². The Morgan fingerprint density at radius 2 is 0.600 bits per heavy atom. The largest absolute Gasteiger partial charge is 3.00 e. The van der Waals surface area contributed by atoms with Gasteiger partial charge in [-0.1, -0.05) is 0 Å². The topological polar surface area (TPSA) is 90.0 Å². The summed E-state index contributed by atoms with van der Waals surface area (Å²) in [6.07, 6.45) is 0. The van der Waals surface area contributed by atoms with Gasteiger partial charge in [0, 0.05) is 17.4 Å². The summed E-state index contributed by atoms with van der Waals surface area (Å²) >= 11 is 0. The van der Waals surface area contributed by atoms with E-state index in [0.717, 1.165) is 0 Å². The first-order valence-corrected chi connectivity index (χ1v) is 0. The quantitative estimate of drug-likeness (QED) is 0.491. The van der Waals surface area contributed by atoms with Crippen LogP contribution in [0.15, 0.2) is 0 Å². The van der Waals surface area contributed by atoms with Gasteiger partial charge >= 0.3 is 35.6 Å². The van der Waals surface area contributed by atoms with Gasteiger partial charge in [-0.15, -0.1) is 0 Å². The molecule has 5 heavy (non-hydrogen) atoms. The molecule has 0 rings (SSSR count). The summed E-state index contributed by atoms with van der Waals surface area (Å²) in [7, 11) is 0. The third-order valence-electron chi connectivity index (χ3n) is 0. The molecule has 0 aliphatic heterocycles. The molecular weight excluding hydrogens is 214 g/mol. The van der Waals surface area contributed by atoms with Gasteiger partial charge in [0.15, 0.2) is 0 Å². The van der Waals surface area contributed by atoms with E-state index in [1.165, 1.54) is 0 Å². The van der Waals surface area contributed by atoms with Gasteiger partial charge < -0.3 is 16.4 Å². The monoisotopic (exact) mass is 217 g/mol. The van der Waals surface area contributed by atoms with Crippen LogP contribution in [-0.2, 0) is 0 Å². The summed E-state index contributed by atoms with van der Waals surface area (Å²) < 4.78 is 0. The minimum absolute atomic E-state index is 0. The van der Waals surface area contributed by atoms with Crippen molar-refractivity contribution < 1.29 is 52.0 Å². The molecule has 0 atom stereocenters. The van der Waals surface area contributed by atoms with E-state index >= 15 is 0 Å². The molecule has 3 N–H and O–H groups in total. The summed E-state index contributed by atoms with van der Waals surface area (Å²) in [5, 5.41) is 0. The van der Waals surface area contributed by atoms with E-state index in [2.05, 4.69) is 0 Å². The van der Waals surface area contributed by atoms with Gasteiger partial charge in [0.05, 0.1) is 0 Å². The fourth-order valence-electron chi connectivity index (χ4n) is 0. The Morgan fingerprint density at radius 1 is 0.600 bits per heavy atom. The molecule has 0 aromatic carbocycles. The maximum Gasteiger partial charge on any atom is 3.00 e. The molecule has 3 radical (unpaired) electrons. The van der Waals surface area contributed by atoms with Gasteiger partial charge in [-0.25, -0.2) is 0 Å². The summed E-state index contributed by atoms with van der Waals surface area (Å²) in [6, 6.07) is 0. The standard InChI is InChI=1S/Al.La.3H2O/h;;3*1H2/q;+3;;;/p-3. The smallest absolute Gasteiger partial charge is 0.870 e. The third-order valence-corrected chi connectivity index (χ3v) is 0. The van der Waals surface area contributed by atoms with Crippen LogP contribution in [-0.4, -0.2) is 33.8 Å². The van der Waals surface area contributed by atoms with Crippen molar-refractivity contribution in [2.24, 2.45) is 0 Å². The number of hydrogen-bond acceptors (Lipinski definition) is 3. The van der Waals surface area contributed by atoms with Crippen molar-refractivity contribution in [3.8, 4) is 0 Å². The number of rotatable bonds is 0. The molecule has 0 aliphatic rings. The molecule has 3 nitrogen and oxygen atoms in total. The van der Waals surface area contributed by atoms with Crippen LogP contribution in [0.2, 0.25) is 0 Å². The molecule has 0 saturated heterocycles. The first-order chi connectivity index (χ1) is 0. The molecule has 0 amide bonds. The van der Waals surface area contributed by atoms with E-state index < -0.39 is 0 Å². The molecule has 5 heteroatoms. The van der Waals surface area contributed by atoms with Crippen LogP contribution in [0.25, 0.3) is 0 Å². The first kappa shape index (κ1) is 80.4. The molecule has 0 aliphatic carbocycles. The van der Waals surface area contributed by atoms with E-state index in [0.29, 0.717) is 0 Å². The molecule has 0 saturated carbocycles. The summed E-state index contributed by atoms with van der Waals surface area (Å²) in [5.41, 5.74) is 0. The summed E-state index contributed by atoms with van der Waals surface area (Å²) in [6.45, 7) is 0. The van der Waals surface area contributed by atoms with E-state index in [4.69, 9.17) is 0 Å². The zero-order valence-corrected chi connectivity index (χ0v) is 7.28. The van der Waals surface area contributed by atoms with Gasteiger partial charge in [-0.3, -0.25) is 0 Å². The molecule has 0 fully saturated rings. The minimum Gasteiger partial charge on any atom is -0.870 e. The van der Waals surface area contributed by atoms with Gasteiger partial charge in [0.2, 0.25) is 0 Å². The van der Waals surface area contributed by atoms with E-state index in [1.54, 1.807) is 0 Å². The van der Waals surface area contributed by atoms with E-state index in [-0.39, 0.29) is 69.4 Å². The molecule has 0 spiro atoms. The van der Waals surface area contributed by atoms with E-state index in [1.807, 2.05) is 0 Å². The second-order valence-electron chi connectivity index (χ2n) is 0. The van der Waals surface area contributed by atoms with Crippen LogP contribution in [0.4, 0.5) is 0 Å². The predicted molar refractivity (Wildman–Crippen MR) is 11.6 cm³/mol. The van der Waals surface area contributed by atoms with Crippen LogP contribution < -0.4 is 0 Å². The SMILES string of the molecule is [Al].[La+3].[OH-].[OH-].[OH-]. The number of hydrogen-bond donors (Lipinski definition) is 0. The molecule has 0 heterocycles. The Hall–Kier alpha value is 1.61. The predicted octanol–water partition coefficient (Wildman–Crippen LogP) is -0.911. The fraction of sp³-hybridized carbons (Fsp3) is 0. The fourth-order valence-corrected chi connectivity index (χ4v) is 0. The Bertz CT molecular complexity index is 6.85. The third kappa shape index (κ3) is 28.2. The van der Waals surface area contributed by atoms with Crippen LogP contribution in [0.3, 0.4) is 0 Å². The Labute approximate surface area is 68.8 Å². The Kier molecular flexibility index (Phi) is 741. The molecule has 0 bridgehead atoms. The van der Waals surface area contributed by atoms with Crippen molar-refractivity contribution in [1.29, 1.82) is 0 Å². The van der Waals surface area contributed by atoms with Crippen molar-refractivity contribution in [2.45, 2.75) is 0 Å². The maximum absolute atomic E-state index is 0. The van der Waals surface area contributed by atoms with Crippen LogP contribution in [0, 0.1) is 35.6 Å². The summed E-state index contributed by atoms with van der Waals surface area (Å²) in [5.74, 6) is 0. The van der Waals surface area contributed by atoms with Crippen LogP contribution in [0.5, 0.6) is 0 Å². The molecule has 27 valence electrons. The Morgan fingerprint density at radius 3 is 0.600 bits per heavy atom. The van der Waals surface area contributed by atoms with Gasteiger partial charge in [0.25, 0.3) is 0 Å². The summed E-state index contributed by atoms with van der Waals surface area (Å²) in [4.78, 5) is 0. The molecule has 0 unspecified atom stereocenters. The van der Waals surface area contributed by atoms with Crippen molar-refractivity contribution in [3.05, 3.63) is 0 Å². The minimum atomic E-state index is 0.